The van der Waals surface area contributed by atoms with E-state index < -0.39 is 5.82 Å². The second kappa shape index (κ2) is 8.76. The molecule has 144 valence electrons. The summed E-state index contributed by atoms with van der Waals surface area (Å²) in [6.07, 6.45) is 0.237. The van der Waals surface area contributed by atoms with Crippen LogP contribution in [0.4, 0.5) is 14.5 Å². The van der Waals surface area contributed by atoms with Gasteiger partial charge in [-0.3, -0.25) is 4.79 Å². The van der Waals surface area contributed by atoms with Crippen molar-refractivity contribution >= 4 is 34.8 Å². The van der Waals surface area contributed by atoms with Crippen molar-refractivity contribution in [3.8, 4) is 5.75 Å². The molecule has 0 bridgehead atoms. The molecule has 4 nitrogen and oxygen atoms in total. The number of benzene rings is 2. The molecular formula is C19H18Cl2F2N2O2. The van der Waals surface area contributed by atoms with Crippen molar-refractivity contribution in [3.63, 3.8) is 0 Å². The van der Waals surface area contributed by atoms with E-state index in [0.717, 1.165) is 0 Å². The Labute approximate surface area is 166 Å². The zero-order chi connectivity index (χ0) is 19.4. The number of hydrogen-bond acceptors (Lipinski definition) is 3. The molecule has 2 aromatic carbocycles. The maximum atomic E-state index is 13.4. The molecule has 0 aliphatic carbocycles. The lowest BCUT2D eigenvalue weighted by Gasteiger charge is -2.36. The van der Waals surface area contributed by atoms with Crippen molar-refractivity contribution < 1.29 is 18.3 Å². The second-order valence-corrected chi connectivity index (χ2v) is 6.87. The average Bonchev–Trinajstić information content (AvgIpc) is 2.68. The predicted molar refractivity (Wildman–Crippen MR) is 102 cm³/mol. The number of rotatable bonds is 5. The molecule has 0 atom stereocenters. The van der Waals surface area contributed by atoms with Crippen molar-refractivity contribution in [1.29, 1.82) is 0 Å². The summed E-state index contributed by atoms with van der Waals surface area (Å²) < 4.78 is 31.7. The molecule has 8 heteroatoms. The largest absolute Gasteiger partial charge is 0.493 e. The maximum absolute atomic E-state index is 13.4. The first kappa shape index (κ1) is 19.7. The van der Waals surface area contributed by atoms with Crippen molar-refractivity contribution in [1.82, 2.24) is 4.90 Å². The first-order chi connectivity index (χ1) is 13.0. The van der Waals surface area contributed by atoms with Crippen LogP contribution in [0, 0.1) is 11.6 Å². The van der Waals surface area contributed by atoms with Crippen LogP contribution < -0.4 is 9.64 Å². The van der Waals surface area contributed by atoms with E-state index in [1.165, 1.54) is 30.3 Å². The molecule has 0 aromatic heterocycles. The smallest absolute Gasteiger partial charge is 0.226 e. The third-order valence-electron chi connectivity index (χ3n) is 4.39. The van der Waals surface area contributed by atoms with Gasteiger partial charge in [0, 0.05) is 26.2 Å². The van der Waals surface area contributed by atoms with Crippen LogP contribution in [0.1, 0.15) is 6.42 Å². The summed E-state index contributed by atoms with van der Waals surface area (Å²) in [5.41, 5.74) is 0.662. The fourth-order valence-electron chi connectivity index (χ4n) is 2.90. The highest BCUT2D eigenvalue weighted by molar-refractivity contribution is 6.43. The van der Waals surface area contributed by atoms with Crippen molar-refractivity contribution in [3.05, 3.63) is 58.1 Å². The topological polar surface area (TPSA) is 32.8 Å². The van der Waals surface area contributed by atoms with Crippen molar-refractivity contribution in [2.45, 2.75) is 6.42 Å². The van der Waals surface area contributed by atoms with Crippen LogP contribution in [0.5, 0.6) is 5.75 Å². The highest BCUT2D eigenvalue weighted by Crippen LogP contribution is 2.34. The Bertz CT molecular complexity index is 810. The standard InChI is InChI=1S/C19H18Cl2F2N2O2/c20-18-15(23)5-6-16(19(18)21)24-8-10-25(11-9-24)17(26)7-12-27-14-3-1-13(22)2-4-14/h1-6H,7-12H2. The molecule has 1 saturated heterocycles. The van der Waals surface area contributed by atoms with Gasteiger partial charge in [-0.15, -0.1) is 0 Å². The van der Waals surface area contributed by atoms with Gasteiger partial charge in [-0.2, -0.15) is 0 Å². The van der Waals surface area contributed by atoms with Gasteiger partial charge in [0.1, 0.15) is 17.4 Å². The van der Waals surface area contributed by atoms with Crippen molar-refractivity contribution in [2.24, 2.45) is 0 Å². The van der Waals surface area contributed by atoms with E-state index in [1.54, 1.807) is 11.0 Å². The van der Waals surface area contributed by atoms with E-state index in [2.05, 4.69) is 0 Å². The third-order valence-corrected chi connectivity index (χ3v) is 5.24. The van der Waals surface area contributed by atoms with Gasteiger partial charge < -0.3 is 14.5 Å². The Kier molecular flexibility index (Phi) is 6.39. The fraction of sp³-hybridized carbons (Fsp3) is 0.316. The monoisotopic (exact) mass is 414 g/mol. The van der Waals surface area contributed by atoms with E-state index >= 15 is 0 Å². The fourth-order valence-corrected chi connectivity index (χ4v) is 3.33. The summed E-state index contributed by atoms with van der Waals surface area (Å²) in [6.45, 7) is 2.43. The molecule has 1 aliphatic rings. The van der Waals surface area contributed by atoms with E-state index in [1.807, 2.05) is 4.90 Å². The number of piperazine rings is 1. The van der Waals surface area contributed by atoms with Crippen molar-refractivity contribution in [2.75, 3.05) is 37.7 Å². The normalized spacial score (nSPS) is 14.4. The van der Waals surface area contributed by atoms with Crippen LogP contribution >= 0.6 is 23.2 Å². The van der Waals surface area contributed by atoms with Gasteiger partial charge in [-0.25, -0.2) is 8.78 Å². The molecule has 3 rings (SSSR count). The Morgan fingerprint density at radius 3 is 2.30 bits per heavy atom. The highest BCUT2D eigenvalue weighted by Gasteiger charge is 2.23. The molecule has 0 unspecified atom stereocenters. The number of halogens is 4. The van der Waals surface area contributed by atoms with Gasteiger partial charge >= 0.3 is 0 Å². The second-order valence-electron chi connectivity index (χ2n) is 6.11. The minimum Gasteiger partial charge on any atom is -0.493 e. The lowest BCUT2D eigenvalue weighted by Crippen LogP contribution is -2.49. The van der Waals surface area contributed by atoms with Gasteiger partial charge in [0.2, 0.25) is 5.91 Å². The summed E-state index contributed by atoms with van der Waals surface area (Å²) in [6, 6.07) is 8.55. The number of amides is 1. The number of ether oxygens (including phenoxy) is 1. The Morgan fingerprint density at radius 2 is 1.63 bits per heavy atom. The predicted octanol–water partition coefficient (Wildman–Crippen LogP) is 4.39. The van der Waals surface area contributed by atoms with Gasteiger partial charge in [-0.1, -0.05) is 23.2 Å². The molecule has 1 fully saturated rings. The number of carbonyl (C=O) groups is 1. The van der Waals surface area contributed by atoms with Crippen LogP contribution in [0.15, 0.2) is 36.4 Å². The Morgan fingerprint density at radius 1 is 0.963 bits per heavy atom. The summed E-state index contributed by atoms with van der Waals surface area (Å²) in [7, 11) is 0. The molecule has 27 heavy (non-hydrogen) atoms. The van der Waals surface area contributed by atoms with Crippen LogP contribution in [0.25, 0.3) is 0 Å². The molecule has 1 aliphatic heterocycles. The number of carbonyl (C=O) groups excluding carboxylic acids is 1. The minimum absolute atomic E-state index is 0.0139. The molecule has 0 saturated carbocycles. The first-order valence-electron chi connectivity index (χ1n) is 8.50. The average molecular weight is 415 g/mol. The van der Waals surface area contributed by atoms with Gasteiger partial charge in [-0.05, 0) is 36.4 Å². The molecule has 0 N–H and O–H groups in total. The van der Waals surface area contributed by atoms with Crippen LogP contribution in [-0.4, -0.2) is 43.6 Å². The number of nitrogens with zero attached hydrogens (tertiary/aromatic N) is 2. The Balaban J connectivity index is 1.48. The van der Waals surface area contributed by atoms with E-state index in [-0.39, 0.29) is 34.8 Å². The SMILES string of the molecule is O=C(CCOc1ccc(F)cc1)N1CCN(c2ccc(F)c(Cl)c2Cl)CC1. The third kappa shape index (κ3) is 4.82. The first-order valence-corrected chi connectivity index (χ1v) is 9.26. The van der Waals surface area contributed by atoms with Crippen LogP contribution in [0.3, 0.4) is 0 Å². The Hall–Kier alpha value is -2.05. The number of hydrogen-bond donors (Lipinski definition) is 0. The van der Waals surface area contributed by atoms with Gasteiger partial charge in [0.15, 0.2) is 0 Å². The minimum atomic E-state index is -0.555. The molecule has 1 heterocycles. The highest BCUT2D eigenvalue weighted by atomic mass is 35.5. The van der Waals surface area contributed by atoms with E-state index in [0.29, 0.717) is 37.6 Å². The van der Waals surface area contributed by atoms with Crippen LogP contribution in [0.2, 0.25) is 10.0 Å². The van der Waals surface area contributed by atoms with Crippen LogP contribution in [-0.2, 0) is 4.79 Å². The zero-order valence-corrected chi connectivity index (χ0v) is 15.9. The summed E-state index contributed by atoms with van der Waals surface area (Å²) in [5.74, 6) is -0.379. The van der Waals surface area contributed by atoms with E-state index in [4.69, 9.17) is 27.9 Å². The van der Waals surface area contributed by atoms with Gasteiger partial charge in [0.25, 0.3) is 0 Å². The lowest BCUT2D eigenvalue weighted by atomic mass is 10.2. The molecule has 2 aromatic rings. The van der Waals surface area contributed by atoms with E-state index in [9.17, 15) is 13.6 Å². The number of anilines is 1. The molecule has 0 radical (unpaired) electrons. The molecular weight excluding hydrogens is 397 g/mol. The van der Waals surface area contributed by atoms with Gasteiger partial charge in [0.05, 0.1) is 28.8 Å². The maximum Gasteiger partial charge on any atom is 0.226 e. The summed E-state index contributed by atoms with van der Waals surface area (Å²) in [5, 5.41) is 0.0924. The lowest BCUT2D eigenvalue weighted by molar-refractivity contribution is -0.132. The quantitative estimate of drug-likeness (QED) is 0.680. The summed E-state index contributed by atoms with van der Waals surface area (Å²) in [4.78, 5) is 16.1. The zero-order valence-electron chi connectivity index (χ0n) is 14.4. The molecule has 0 spiro atoms. The summed E-state index contributed by atoms with van der Waals surface area (Å²) >= 11 is 12.0. The molecule has 1 amide bonds.